The Labute approximate surface area is 343 Å². The summed E-state index contributed by atoms with van der Waals surface area (Å²) in [4.78, 5) is 120. The third-order valence-corrected chi connectivity index (χ3v) is 7.78. The predicted octanol–water partition coefficient (Wildman–Crippen LogP) is -3.25. The first-order valence-electron chi connectivity index (χ1n) is 18.2. The molecule has 0 aromatic carbocycles. The first kappa shape index (κ1) is 50.6. The van der Waals surface area contributed by atoms with Crippen molar-refractivity contribution in [3.8, 4) is 0 Å². The average Bonchev–Trinajstić information content (AvgIpc) is 3.12. The van der Waals surface area contributed by atoms with Gasteiger partial charge in [0.2, 0.25) is 11.8 Å². The Morgan fingerprint density at radius 2 is 0.733 bits per heavy atom. The summed E-state index contributed by atoms with van der Waals surface area (Å²) in [6, 6.07) is -0.908. The maximum atomic E-state index is 12.8. The molecule has 2 rings (SSSR count). The maximum Gasteiger partial charge on any atom is 0.303 e. The van der Waals surface area contributed by atoms with E-state index in [1.54, 1.807) is 0 Å². The molecule has 0 saturated carbocycles. The van der Waals surface area contributed by atoms with E-state index in [4.69, 9.17) is 62.6 Å². The van der Waals surface area contributed by atoms with Gasteiger partial charge in [0.1, 0.15) is 38.6 Å². The molecule has 0 bridgehead atoms. The number of nitrogens with two attached hydrogens (primary N) is 1. The van der Waals surface area contributed by atoms with E-state index in [0.29, 0.717) is 0 Å². The van der Waals surface area contributed by atoms with Crippen LogP contribution in [0.25, 0.3) is 0 Å². The van der Waals surface area contributed by atoms with Gasteiger partial charge in [-0.15, -0.1) is 0 Å². The van der Waals surface area contributed by atoms with Gasteiger partial charge >= 0.3 is 47.8 Å². The van der Waals surface area contributed by atoms with Crippen molar-refractivity contribution in [2.45, 2.75) is 123 Å². The fourth-order valence-corrected chi connectivity index (χ4v) is 5.63. The Hall–Kier alpha value is -5.50. The van der Waals surface area contributed by atoms with Crippen LogP contribution in [0.1, 0.15) is 55.4 Å². The molecule has 25 heteroatoms. The normalized spacial score (nSPS) is 26.4. The Morgan fingerprint density at radius 3 is 1.02 bits per heavy atom. The van der Waals surface area contributed by atoms with E-state index in [2.05, 4.69) is 10.6 Å². The lowest BCUT2D eigenvalue weighted by Gasteiger charge is -2.43. The first-order chi connectivity index (χ1) is 28.1. The lowest BCUT2D eigenvalue weighted by molar-refractivity contribution is -0.306. The van der Waals surface area contributed by atoms with Crippen LogP contribution in [0.5, 0.6) is 0 Å². The molecule has 10 atom stereocenters. The summed E-state index contributed by atoms with van der Waals surface area (Å²) in [5, 5.41) is 4.92. The van der Waals surface area contributed by atoms with E-state index in [-0.39, 0.29) is 13.1 Å². The predicted molar refractivity (Wildman–Crippen MR) is 190 cm³/mol. The van der Waals surface area contributed by atoms with Gasteiger partial charge in [-0.05, 0) is 0 Å². The number of carbonyl (C=O) groups excluding carboxylic acids is 10. The van der Waals surface area contributed by atoms with Crippen molar-refractivity contribution >= 4 is 59.6 Å². The Bertz CT molecular complexity index is 1460. The molecule has 2 saturated heterocycles. The largest absolute Gasteiger partial charge is 0.463 e. The van der Waals surface area contributed by atoms with E-state index < -0.39 is 153 Å². The standard InChI is InChI=1S/C35H51N3O22/c1-15(39)49-11-24-28(53-17(3)41)30(55-19(5)43)32(57-21(7)45)34(59-24)51-13-26(47)37-9-23(36)10-38-27(48)14-52-35-33(58-22(8)46)31(56-20(6)44)29(54-18(4)42)25(60-35)12-50-16(2)40/h23-25,28-35H,9-14,36H2,1-8H3,(H,37,47)(H,38,48). The van der Waals surface area contributed by atoms with Crippen LogP contribution in [0.2, 0.25) is 0 Å². The van der Waals surface area contributed by atoms with Crippen molar-refractivity contribution in [2.24, 2.45) is 5.73 Å². The van der Waals surface area contributed by atoms with Gasteiger partial charge in [0.25, 0.3) is 0 Å². The van der Waals surface area contributed by atoms with E-state index in [1.165, 1.54) is 0 Å². The van der Waals surface area contributed by atoms with Gasteiger partial charge in [0.05, 0.1) is 0 Å². The van der Waals surface area contributed by atoms with Crippen LogP contribution in [0.3, 0.4) is 0 Å². The van der Waals surface area contributed by atoms with Crippen molar-refractivity contribution in [1.29, 1.82) is 0 Å². The minimum absolute atomic E-state index is 0.235. The molecular weight excluding hydrogens is 814 g/mol. The third kappa shape index (κ3) is 17.8. The number of ether oxygens (including phenoxy) is 12. The molecule has 0 radical (unpaired) electrons. The number of hydrogen-bond acceptors (Lipinski definition) is 23. The molecule has 10 unspecified atom stereocenters. The zero-order valence-corrected chi connectivity index (χ0v) is 34.2. The van der Waals surface area contributed by atoms with Gasteiger partial charge < -0.3 is 73.2 Å². The molecule has 4 N–H and O–H groups in total. The number of esters is 8. The van der Waals surface area contributed by atoms with E-state index in [1.807, 2.05) is 0 Å². The average molecular weight is 866 g/mol. The van der Waals surface area contributed by atoms with Crippen molar-refractivity contribution in [3.63, 3.8) is 0 Å². The topological polar surface area (TPSA) is 332 Å². The van der Waals surface area contributed by atoms with E-state index >= 15 is 0 Å². The highest BCUT2D eigenvalue weighted by Crippen LogP contribution is 2.31. The molecule has 2 amide bonds. The van der Waals surface area contributed by atoms with Gasteiger partial charge in [-0.25, -0.2) is 0 Å². The third-order valence-electron chi connectivity index (χ3n) is 7.78. The molecule has 60 heavy (non-hydrogen) atoms. The molecule has 0 aliphatic carbocycles. The second kappa shape index (κ2) is 24.6. The smallest absolute Gasteiger partial charge is 0.303 e. The molecule has 2 aliphatic heterocycles. The van der Waals surface area contributed by atoms with Crippen molar-refractivity contribution in [2.75, 3.05) is 39.5 Å². The first-order valence-corrected chi connectivity index (χ1v) is 18.2. The number of nitrogens with one attached hydrogen (secondary N) is 2. The molecule has 338 valence electrons. The molecule has 2 aliphatic rings. The lowest BCUT2D eigenvalue weighted by atomic mass is 9.98. The minimum atomic E-state index is -1.62. The summed E-state index contributed by atoms with van der Waals surface area (Å²) >= 11 is 0. The number of hydrogen-bond donors (Lipinski definition) is 3. The summed E-state index contributed by atoms with van der Waals surface area (Å²) in [5.41, 5.74) is 6.05. The summed E-state index contributed by atoms with van der Waals surface area (Å²) in [5.74, 6) is -8.19. The van der Waals surface area contributed by atoms with Gasteiger partial charge in [0.15, 0.2) is 49.2 Å². The quantitative estimate of drug-likeness (QED) is 0.0799. The van der Waals surface area contributed by atoms with Crippen molar-refractivity contribution in [1.82, 2.24) is 10.6 Å². The van der Waals surface area contributed by atoms with Gasteiger partial charge in [-0.3, -0.25) is 47.9 Å². The highest BCUT2D eigenvalue weighted by atomic mass is 16.7. The second-order valence-electron chi connectivity index (χ2n) is 13.1. The molecule has 25 nitrogen and oxygen atoms in total. The van der Waals surface area contributed by atoms with Crippen LogP contribution in [0.15, 0.2) is 0 Å². The Balaban J connectivity index is 2.06. The molecule has 2 fully saturated rings. The lowest BCUT2D eigenvalue weighted by Crippen LogP contribution is -2.63. The van der Waals surface area contributed by atoms with Crippen LogP contribution >= 0.6 is 0 Å². The number of carbonyl (C=O) groups is 10. The molecule has 2 heterocycles. The Morgan fingerprint density at radius 1 is 0.450 bits per heavy atom. The zero-order valence-electron chi connectivity index (χ0n) is 34.2. The number of rotatable bonds is 20. The monoisotopic (exact) mass is 865 g/mol. The van der Waals surface area contributed by atoms with Crippen molar-refractivity contribution < 1.29 is 105 Å². The minimum Gasteiger partial charge on any atom is -0.463 e. The maximum absolute atomic E-state index is 12.8. The summed E-state index contributed by atoms with van der Waals surface area (Å²) < 4.78 is 64.4. The fraction of sp³-hybridized carbons (Fsp3) is 0.714. The number of amides is 2. The van der Waals surface area contributed by atoms with Crippen LogP contribution in [0, 0.1) is 0 Å². The highest BCUT2D eigenvalue weighted by Gasteiger charge is 2.54. The van der Waals surface area contributed by atoms with Gasteiger partial charge in [-0.1, -0.05) is 0 Å². The van der Waals surface area contributed by atoms with Gasteiger partial charge in [0, 0.05) is 74.5 Å². The van der Waals surface area contributed by atoms with Crippen molar-refractivity contribution in [3.05, 3.63) is 0 Å². The Kier molecular flexibility index (Phi) is 20.7. The molecule has 0 aromatic rings. The highest BCUT2D eigenvalue weighted by molar-refractivity contribution is 5.78. The zero-order chi connectivity index (χ0) is 45.3. The van der Waals surface area contributed by atoms with Gasteiger partial charge in [-0.2, -0.15) is 0 Å². The SMILES string of the molecule is CC(=O)OCC1OC(OCC(=O)NCC(N)CNC(=O)COC2OC(COC(C)=O)C(OC(C)=O)C(OC(C)=O)C2OC(C)=O)C(OC(C)=O)C(OC(C)=O)C1OC(C)=O. The second-order valence-corrected chi connectivity index (χ2v) is 13.1. The molecule has 0 aromatic heterocycles. The molecular formula is C35H51N3O22. The summed E-state index contributed by atoms with van der Waals surface area (Å²) in [6.45, 7) is 5.44. The van der Waals surface area contributed by atoms with Crippen LogP contribution in [-0.4, -0.2) is 167 Å². The summed E-state index contributed by atoms with van der Waals surface area (Å²) in [6.07, 6.45) is -14.9. The van der Waals surface area contributed by atoms with E-state index in [0.717, 1.165) is 55.4 Å². The fourth-order valence-electron chi connectivity index (χ4n) is 5.63. The van der Waals surface area contributed by atoms with Crippen LogP contribution < -0.4 is 16.4 Å². The summed E-state index contributed by atoms with van der Waals surface area (Å²) in [7, 11) is 0. The molecule has 0 spiro atoms. The van der Waals surface area contributed by atoms with Crippen LogP contribution in [-0.2, 0) is 105 Å². The van der Waals surface area contributed by atoms with E-state index in [9.17, 15) is 47.9 Å². The van der Waals surface area contributed by atoms with Crippen LogP contribution in [0.4, 0.5) is 0 Å².